The largest absolute Gasteiger partial charge is 0.459 e. The van der Waals surface area contributed by atoms with E-state index in [1.54, 1.807) is 18.4 Å². The van der Waals surface area contributed by atoms with Gasteiger partial charge < -0.3 is 14.2 Å². The molecule has 0 unspecified atom stereocenters. The Morgan fingerprint density at radius 2 is 1.96 bits per heavy atom. The van der Waals surface area contributed by atoms with Crippen molar-refractivity contribution in [2.45, 2.75) is 26.3 Å². The molecule has 1 amide bonds. The minimum Gasteiger partial charge on any atom is -0.459 e. The smallest absolute Gasteiger partial charge is 0.283 e. The van der Waals surface area contributed by atoms with E-state index < -0.39 is 0 Å². The van der Waals surface area contributed by atoms with E-state index in [1.807, 2.05) is 30.3 Å². The van der Waals surface area contributed by atoms with Crippen molar-refractivity contribution in [3.8, 4) is 11.7 Å². The molecule has 0 spiro atoms. The number of amides is 1. The predicted octanol–water partition coefficient (Wildman–Crippen LogP) is 3.57. The van der Waals surface area contributed by atoms with Crippen molar-refractivity contribution < 1.29 is 13.6 Å². The summed E-state index contributed by atoms with van der Waals surface area (Å²) in [6.07, 6.45) is 2.93. The van der Waals surface area contributed by atoms with Crippen LogP contribution in [0.15, 0.2) is 57.6 Å². The fourth-order valence-corrected chi connectivity index (χ4v) is 2.60. The Hall–Kier alpha value is -2.93. The molecule has 7 heteroatoms. The number of furan rings is 1. The number of carbonyl (C=O) groups is 1. The van der Waals surface area contributed by atoms with Gasteiger partial charge in [0.25, 0.3) is 5.89 Å². The van der Waals surface area contributed by atoms with Crippen molar-refractivity contribution in [3.63, 3.8) is 0 Å². The Labute approximate surface area is 152 Å². The summed E-state index contributed by atoms with van der Waals surface area (Å²) in [5, 5.41) is 11.0. The van der Waals surface area contributed by atoms with E-state index in [9.17, 15) is 4.79 Å². The van der Waals surface area contributed by atoms with E-state index in [1.165, 1.54) is 0 Å². The Bertz CT molecular complexity index is 799. The summed E-state index contributed by atoms with van der Waals surface area (Å²) in [5.74, 6) is 1.41. The van der Waals surface area contributed by atoms with E-state index in [-0.39, 0.29) is 5.91 Å². The van der Waals surface area contributed by atoms with Crippen LogP contribution in [-0.2, 0) is 11.3 Å². The van der Waals surface area contributed by atoms with Crippen molar-refractivity contribution in [3.05, 3.63) is 54.6 Å². The predicted molar refractivity (Wildman–Crippen MR) is 97.3 cm³/mol. The molecular weight excluding hydrogens is 332 g/mol. The topological polar surface area (TPSA) is 84.4 Å². The lowest BCUT2D eigenvalue weighted by Crippen LogP contribution is -2.28. The molecule has 2 aromatic heterocycles. The van der Waals surface area contributed by atoms with Gasteiger partial charge in [0.05, 0.1) is 12.8 Å². The quantitative estimate of drug-likeness (QED) is 0.632. The average Bonchev–Trinajstić information content (AvgIpc) is 3.32. The minimum absolute atomic E-state index is 0.0147. The zero-order valence-corrected chi connectivity index (χ0v) is 14.7. The van der Waals surface area contributed by atoms with Crippen LogP contribution in [0.1, 0.15) is 25.7 Å². The molecule has 0 atom stereocenters. The Morgan fingerprint density at radius 3 is 2.69 bits per heavy atom. The highest BCUT2D eigenvalue weighted by Gasteiger charge is 2.15. The van der Waals surface area contributed by atoms with E-state index in [2.05, 4.69) is 27.3 Å². The zero-order valence-electron chi connectivity index (χ0n) is 14.7. The van der Waals surface area contributed by atoms with Gasteiger partial charge in [0.15, 0.2) is 5.76 Å². The van der Waals surface area contributed by atoms with Crippen LogP contribution in [0.25, 0.3) is 11.7 Å². The highest BCUT2D eigenvalue weighted by Crippen LogP contribution is 2.18. The molecule has 136 valence electrons. The van der Waals surface area contributed by atoms with Crippen LogP contribution in [0.3, 0.4) is 0 Å². The number of carbonyl (C=O) groups excluding carboxylic acids is 1. The van der Waals surface area contributed by atoms with Crippen molar-refractivity contribution in [2.24, 2.45) is 0 Å². The molecule has 0 radical (unpaired) electrons. The number of benzene rings is 1. The van der Waals surface area contributed by atoms with Crippen molar-refractivity contribution >= 4 is 11.6 Å². The molecule has 2 heterocycles. The lowest BCUT2D eigenvalue weighted by atomic mass is 10.3. The van der Waals surface area contributed by atoms with Crippen LogP contribution in [0, 0.1) is 0 Å². The van der Waals surface area contributed by atoms with E-state index in [4.69, 9.17) is 8.83 Å². The number of anilines is 1. The molecule has 0 aliphatic carbocycles. The van der Waals surface area contributed by atoms with Crippen LogP contribution < -0.4 is 5.32 Å². The summed E-state index contributed by atoms with van der Waals surface area (Å²) in [7, 11) is 0. The van der Waals surface area contributed by atoms with Gasteiger partial charge in [-0.2, -0.15) is 0 Å². The molecule has 0 saturated carbocycles. The minimum atomic E-state index is -0.0147. The molecule has 0 aliphatic rings. The molecule has 0 bridgehead atoms. The zero-order chi connectivity index (χ0) is 18.2. The molecule has 0 fully saturated rings. The van der Waals surface area contributed by atoms with E-state index in [0.29, 0.717) is 37.1 Å². The van der Waals surface area contributed by atoms with Crippen LogP contribution in [0.2, 0.25) is 0 Å². The average molecular weight is 354 g/mol. The van der Waals surface area contributed by atoms with Crippen LogP contribution in [-0.4, -0.2) is 34.1 Å². The van der Waals surface area contributed by atoms with Gasteiger partial charge in [-0.15, -0.1) is 10.2 Å². The molecule has 7 nitrogen and oxygen atoms in total. The first-order valence-corrected chi connectivity index (χ1v) is 8.68. The molecular formula is C19H22N4O3. The van der Waals surface area contributed by atoms with Gasteiger partial charge in [0.1, 0.15) is 0 Å². The first-order valence-electron chi connectivity index (χ1n) is 8.68. The monoisotopic (exact) mass is 354 g/mol. The Kier molecular flexibility index (Phi) is 6.16. The van der Waals surface area contributed by atoms with E-state index >= 15 is 0 Å². The number of rotatable bonds is 9. The van der Waals surface area contributed by atoms with Crippen LogP contribution in [0.5, 0.6) is 0 Å². The van der Waals surface area contributed by atoms with Gasteiger partial charge in [-0.1, -0.05) is 25.1 Å². The van der Waals surface area contributed by atoms with Gasteiger partial charge in [-0.25, -0.2) is 0 Å². The second-order valence-corrected chi connectivity index (χ2v) is 5.92. The van der Waals surface area contributed by atoms with E-state index in [0.717, 1.165) is 18.7 Å². The molecule has 3 aromatic rings. The number of nitrogens with one attached hydrogen (secondary N) is 1. The molecule has 1 N–H and O–H groups in total. The van der Waals surface area contributed by atoms with Crippen LogP contribution >= 0.6 is 0 Å². The molecule has 0 saturated heterocycles. The van der Waals surface area contributed by atoms with Gasteiger partial charge >= 0.3 is 0 Å². The summed E-state index contributed by atoms with van der Waals surface area (Å²) < 4.78 is 10.9. The third-order valence-corrected chi connectivity index (χ3v) is 3.81. The summed E-state index contributed by atoms with van der Waals surface area (Å²) in [5.41, 5.74) is 0.805. The number of aromatic nitrogens is 2. The number of hydrogen-bond donors (Lipinski definition) is 1. The van der Waals surface area contributed by atoms with Gasteiger partial charge in [0.2, 0.25) is 11.8 Å². The first-order chi connectivity index (χ1) is 12.7. The maximum atomic E-state index is 12.1. The Morgan fingerprint density at radius 1 is 1.12 bits per heavy atom. The van der Waals surface area contributed by atoms with Gasteiger partial charge in [0, 0.05) is 18.7 Å². The third kappa shape index (κ3) is 5.03. The SMILES string of the molecule is CCCN(CCC(=O)Nc1ccccc1)Cc1nnc(-c2ccco2)o1. The highest BCUT2D eigenvalue weighted by molar-refractivity contribution is 5.90. The summed E-state index contributed by atoms with van der Waals surface area (Å²) in [4.78, 5) is 14.3. The number of hydrogen-bond acceptors (Lipinski definition) is 6. The second kappa shape index (κ2) is 8.96. The lowest BCUT2D eigenvalue weighted by molar-refractivity contribution is -0.116. The number of nitrogens with zero attached hydrogens (tertiary/aromatic N) is 3. The van der Waals surface area contributed by atoms with Crippen molar-refractivity contribution in [2.75, 3.05) is 18.4 Å². The summed E-state index contributed by atoms with van der Waals surface area (Å²) >= 11 is 0. The van der Waals surface area contributed by atoms with Crippen molar-refractivity contribution in [1.29, 1.82) is 0 Å². The van der Waals surface area contributed by atoms with Gasteiger partial charge in [-0.3, -0.25) is 9.69 Å². The standard InChI is InChI=1S/C19H22N4O3/c1-2-11-23(12-10-17(24)20-15-7-4-3-5-8-15)14-18-21-22-19(26-18)16-9-6-13-25-16/h3-9,13H,2,10-12,14H2,1H3,(H,20,24). The molecule has 3 rings (SSSR count). The maximum absolute atomic E-state index is 12.1. The fraction of sp³-hybridized carbons (Fsp3) is 0.316. The second-order valence-electron chi connectivity index (χ2n) is 5.92. The number of para-hydroxylation sites is 1. The third-order valence-electron chi connectivity index (χ3n) is 3.81. The Balaban J connectivity index is 1.53. The van der Waals surface area contributed by atoms with Crippen molar-refractivity contribution in [1.82, 2.24) is 15.1 Å². The summed E-state index contributed by atoms with van der Waals surface area (Å²) in [6.45, 7) is 4.06. The lowest BCUT2D eigenvalue weighted by Gasteiger charge is -2.19. The highest BCUT2D eigenvalue weighted by atomic mass is 16.4. The molecule has 0 aliphatic heterocycles. The van der Waals surface area contributed by atoms with Crippen LogP contribution in [0.4, 0.5) is 5.69 Å². The molecule has 26 heavy (non-hydrogen) atoms. The molecule has 1 aromatic carbocycles. The van der Waals surface area contributed by atoms with Gasteiger partial charge in [-0.05, 0) is 37.2 Å². The fourth-order valence-electron chi connectivity index (χ4n) is 2.60. The first kappa shape index (κ1) is 17.9. The normalized spacial score (nSPS) is 11.0. The maximum Gasteiger partial charge on any atom is 0.283 e. The summed E-state index contributed by atoms with van der Waals surface area (Å²) in [6, 6.07) is 13.0.